The first-order valence-electron chi connectivity index (χ1n) is 10.4. The van der Waals surface area contributed by atoms with Crippen LogP contribution in [0.4, 0.5) is 13.2 Å². The van der Waals surface area contributed by atoms with Crippen LogP contribution >= 0.6 is 0 Å². The first-order chi connectivity index (χ1) is 15.3. The maximum atomic E-state index is 14.2. The van der Waals surface area contributed by atoms with E-state index in [9.17, 15) is 13.2 Å². The van der Waals surface area contributed by atoms with Crippen molar-refractivity contribution in [1.29, 1.82) is 0 Å². The maximum Gasteiger partial charge on any atom is 0.387 e. The van der Waals surface area contributed by atoms with E-state index in [-0.39, 0.29) is 29.4 Å². The molecule has 3 aromatic rings. The second kappa shape index (κ2) is 10.6. The molecule has 0 radical (unpaired) electrons. The van der Waals surface area contributed by atoms with Gasteiger partial charge in [-0.3, -0.25) is 0 Å². The number of para-hydroxylation sites is 1. The average Bonchev–Trinajstić information content (AvgIpc) is 2.76. The second-order valence-corrected chi connectivity index (χ2v) is 8.15. The van der Waals surface area contributed by atoms with Crippen LogP contribution in [0.5, 0.6) is 17.2 Å². The quantitative estimate of drug-likeness (QED) is 0.327. The molecular formula is C26H27F3O3. The van der Waals surface area contributed by atoms with E-state index >= 15 is 0 Å². The van der Waals surface area contributed by atoms with Gasteiger partial charge < -0.3 is 14.2 Å². The minimum absolute atomic E-state index is 0.119. The molecule has 0 amide bonds. The maximum absolute atomic E-state index is 14.2. The number of hydrogen-bond acceptors (Lipinski definition) is 3. The van der Waals surface area contributed by atoms with E-state index in [0.717, 1.165) is 11.1 Å². The SMILES string of the molecule is CC(C)C(C)(COCc1ccc(F)c(Oc2ccccc2)c1)c1ccc(OC(F)F)cc1. The number of benzene rings is 3. The van der Waals surface area contributed by atoms with Gasteiger partial charge in [0.15, 0.2) is 11.6 Å². The number of ether oxygens (including phenoxy) is 3. The highest BCUT2D eigenvalue weighted by molar-refractivity contribution is 5.35. The van der Waals surface area contributed by atoms with Gasteiger partial charge >= 0.3 is 6.61 Å². The van der Waals surface area contributed by atoms with E-state index in [2.05, 4.69) is 25.5 Å². The topological polar surface area (TPSA) is 27.7 Å². The lowest BCUT2D eigenvalue weighted by molar-refractivity contribution is -0.0498. The lowest BCUT2D eigenvalue weighted by Gasteiger charge is -2.34. The third-order valence-electron chi connectivity index (χ3n) is 5.65. The van der Waals surface area contributed by atoms with E-state index in [1.807, 2.05) is 18.2 Å². The summed E-state index contributed by atoms with van der Waals surface area (Å²) < 4.78 is 55.1. The molecule has 0 heterocycles. The van der Waals surface area contributed by atoms with Crippen molar-refractivity contribution in [1.82, 2.24) is 0 Å². The van der Waals surface area contributed by atoms with Gasteiger partial charge in [-0.25, -0.2) is 4.39 Å². The molecular weight excluding hydrogens is 417 g/mol. The Morgan fingerprint density at radius 2 is 1.56 bits per heavy atom. The molecule has 6 heteroatoms. The zero-order chi connectivity index (χ0) is 23.1. The number of halogens is 3. The molecule has 0 aliphatic rings. The van der Waals surface area contributed by atoms with Crippen LogP contribution in [0.3, 0.4) is 0 Å². The summed E-state index contributed by atoms with van der Waals surface area (Å²) in [5, 5.41) is 0. The van der Waals surface area contributed by atoms with Gasteiger partial charge in [-0.15, -0.1) is 0 Å². The predicted octanol–water partition coefficient (Wildman–Crippen LogP) is 7.35. The fourth-order valence-electron chi connectivity index (χ4n) is 3.31. The highest BCUT2D eigenvalue weighted by Gasteiger charge is 2.31. The van der Waals surface area contributed by atoms with Gasteiger partial charge in [0.1, 0.15) is 11.5 Å². The Balaban J connectivity index is 1.67. The van der Waals surface area contributed by atoms with Crippen LogP contribution in [0.25, 0.3) is 0 Å². The fourth-order valence-corrected chi connectivity index (χ4v) is 3.31. The largest absolute Gasteiger partial charge is 0.454 e. The highest BCUT2D eigenvalue weighted by atomic mass is 19.3. The van der Waals surface area contributed by atoms with Gasteiger partial charge in [0.05, 0.1) is 13.2 Å². The first kappa shape index (κ1) is 23.7. The molecule has 0 N–H and O–H groups in total. The predicted molar refractivity (Wildman–Crippen MR) is 118 cm³/mol. The Morgan fingerprint density at radius 3 is 2.19 bits per heavy atom. The fraction of sp³-hybridized carbons (Fsp3) is 0.308. The van der Waals surface area contributed by atoms with Crippen molar-refractivity contribution in [3.8, 4) is 17.2 Å². The van der Waals surface area contributed by atoms with Gasteiger partial charge in [-0.2, -0.15) is 8.78 Å². The molecule has 170 valence electrons. The zero-order valence-corrected chi connectivity index (χ0v) is 18.4. The molecule has 0 spiro atoms. The van der Waals surface area contributed by atoms with Crippen LogP contribution in [0.2, 0.25) is 0 Å². The van der Waals surface area contributed by atoms with Crippen molar-refractivity contribution >= 4 is 0 Å². The Labute approximate surface area is 186 Å². The smallest absolute Gasteiger partial charge is 0.387 e. The van der Waals surface area contributed by atoms with E-state index < -0.39 is 12.4 Å². The molecule has 0 aliphatic heterocycles. The van der Waals surface area contributed by atoms with Crippen LogP contribution in [-0.2, 0) is 16.8 Å². The summed E-state index contributed by atoms with van der Waals surface area (Å²) in [4.78, 5) is 0. The summed E-state index contributed by atoms with van der Waals surface area (Å²) >= 11 is 0. The van der Waals surface area contributed by atoms with Crippen LogP contribution in [0.15, 0.2) is 72.8 Å². The normalized spacial score (nSPS) is 13.2. The van der Waals surface area contributed by atoms with Crippen molar-refractivity contribution in [2.24, 2.45) is 5.92 Å². The van der Waals surface area contributed by atoms with Gasteiger partial charge in [-0.05, 0) is 53.4 Å². The summed E-state index contributed by atoms with van der Waals surface area (Å²) in [6.07, 6.45) is 0. The lowest BCUT2D eigenvalue weighted by atomic mass is 9.74. The summed E-state index contributed by atoms with van der Waals surface area (Å²) in [5.41, 5.74) is 1.39. The Hall–Kier alpha value is -2.99. The molecule has 3 aromatic carbocycles. The van der Waals surface area contributed by atoms with Crippen molar-refractivity contribution in [2.75, 3.05) is 6.61 Å². The summed E-state index contributed by atoms with van der Waals surface area (Å²) in [5.74, 6) is 0.577. The third kappa shape index (κ3) is 6.04. The van der Waals surface area contributed by atoms with Gasteiger partial charge in [0, 0.05) is 5.41 Å². The lowest BCUT2D eigenvalue weighted by Crippen LogP contribution is -2.34. The first-order valence-corrected chi connectivity index (χ1v) is 10.4. The third-order valence-corrected chi connectivity index (χ3v) is 5.65. The minimum atomic E-state index is -2.85. The standard InChI is InChI=1S/C26H27F3O3/c1-18(2)26(3,20-10-12-22(13-11-20)32-25(28)29)17-30-16-19-9-14-23(27)24(15-19)31-21-7-5-4-6-8-21/h4-15,18,25H,16-17H2,1-3H3. The van der Waals surface area contributed by atoms with Crippen molar-refractivity contribution in [3.05, 3.63) is 89.7 Å². The Kier molecular flexibility index (Phi) is 7.80. The number of rotatable bonds is 10. The molecule has 0 bridgehead atoms. The van der Waals surface area contributed by atoms with Crippen LogP contribution in [0.1, 0.15) is 31.9 Å². The molecule has 3 rings (SSSR count). The van der Waals surface area contributed by atoms with Gasteiger partial charge in [0.2, 0.25) is 0 Å². The molecule has 0 aromatic heterocycles. The molecule has 32 heavy (non-hydrogen) atoms. The molecule has 1 atom stereocenters. The molecule has 0 aliphatic carbocycles. The number of hydrogen-bond donors (Lipinski definition) is 0. The van der Waals surface area contributed by atoms with Crippen LogP contribution in [0, 0.1) is 11.7 Å². The van der Waals surface area contributed by atoms with E-state index in [1.54, 1.807) is 36.4 Å². The minimum Gasteiger partial charge on any atom is -0.454 e. The zero-order valence-electron chi connectivity index (χ0n) is 18.4. The Morgan fingerprint density at radius 1 is 0.875 bits per heavy atom. The van der Waals surface area contributed by atoms with Gasteiger partial charge in [-0.1, -0.05) is 57.2 Å². The summed E-state index contributed by atoms with van der Waals surface area (Å²) in [6.45, 7) is 4.04. The molecule has 1 unspecified atom stereocenters. The second-order valence-electron chi connectivity index (χ2n) is 8.15. The molecule has 0 fully saturated rings. The molecule has 0 saturated carbocycles. The monoisotopic (exact) mass is 444 g/mol. The summed E-state index contributed by atoms with van der Waals surface area (Å²) in [7, 11) is 0. The molecule has 0 saturated heterocycles. The highest BCUT2D eigenvalue weighted by Crippen LogP contribution is 2.34. The van der Waals surface area contributed by atoms with E-state index in [4.69, 9.17) is 9.47 Å². The average molecular weight is 444 g/mol. The van der Waals surface area contributed by atoms with Crippen LogP contribution < -0.4 is 9.47 Å². The van der Waals surface area contributed by atoms with Crippen molar-refractivity contribution < 1.29 is 27.4 Å². The van der Waals surface area contributed by atoms with Crippen LogP contribution in [-0.4, -0.2) is 13.2 Å². The van der Waals surface area contributed by atoms with Gasteiger partial charge in [0.25, 0.3) is 0 Å². The van der Waals surface area contributed by atoms with E-state index in [0.29, 0.717) is 12.4 Å². The Bertz CT molecular complexity index is 991. The summed E-state index contributed by atoms with van der Waals surface area (Å²) in [6, 6.07) is 20.3. The van der Waals surface area contributed by atoms with E-state index in [1.165, 1.54) is 18.2 Å². The van der Waals surface area contributed by atoms with Crippen molar-refractivity contribution in [2.45, 2.75) is 39.4 Å². The van der Waals surface area contributed by atoms with Crippen molar-refractivity contribution in [3.63, 3.8) is 0 Å². The number of alkyl halides is 2. The molecule has 3 nitrogen and oxygen atoms in total.